The van der Waals surface area contributed by atoms with Gasteiger partial charge in [-0.05, 0) is 17.7 Å². The minimum Gasteiger partial charge on any atom is -0.379 e. The van der Waals surface area contributed by atoms with Gasteiger partial charge in [-0.15, -0.1) is 0 Å². The van der Waals surface area contributed by atoms with E-state index >= 15 is 0 Å². The van der Waals surface area contributed by atoms with Gasteiger partial charge in [-0.2, -0.15) is 4.98 Å². The highest BCUT2D eigenvalue weighted by Crippen LogP contribution is 2.22. The van der Waals surface area contributed by atoms with Crippen molar-refractivity contribution in [1.82, 2.24) is 24.4 Å². The van der Waals surface area contributed by atoms with E-state index in [0.717, 1.165) is 0 Å². The van der Waals surface area contributed by atoms with Crippen LogP contribution in [0.4, 0.5) is 5.95 Å². The molecule has 10 heteroatoms. The fourth-order valence-corrected chi connectivity index (χ4v) is 2.61. The Bertz CT molecular complexity index is 1500. The van der Waals surface area contributed by atoms with Crippen molar-refractivity contribution in [1.29, 1.82) is 0 Å². The lowest BCUT2D eigenvalue weighted by atomic mass is 10.2. The summed E-state index contributed by atoms with van der Waals surface area (Å²) in [5.74, 6) is -0.0976. The molecule has 0 unspecified atom stereocenters. The zero-order valence-corrected chi connectivity index (χ0v) is 15.4. The number of rotatable bonds is 6. The van der Waals surface area contributed by atoms with Gasteiger partial charge in [0.05, 0.1) is 37.7 Å². The molecule has 0 spiro atoms. The van der Waals surface area contributed by atoms with E-state index in [-0.39, 0.29) is 18.1 Å². The monoisotopic (exact) mass is 434 g/mol. The average Bonchev–Trinajstić information content (AvgIpc) is 3.23. The summed E-state index contributed by atoms with van der Waals surface area (Å²) in [5.41, 5.74) is -1.31. The van der Waals surface area contributed by atoms with Crippen molar-refractivity contribution in [2.45, 2.75) is 13.0 Å². The summed E-state index contributed by atoms with van der Waals surface area (Å²) < 4.78 is 102. The maximum atomic E-state index is 13.0. The molecule has 148 valence electrons. The first-order valence-corrected chi connectivity index (χ1v) is 8.50. The van der Waals surface area contributed by atoms with Crippen molar-refractivity contribution in [2.75, 3.05) is 37.9 Å². The van der Waals surface area contributed by atoms with Crippen LogP contribution in [0.1, 0.15) is 22.0 Å². The van der Waals surface area contributed by atoms with Gasteiger partial charge in [0.15, 0.2) is 11.2 Å². The Morgan fingerprint density at radius 1 is 1.29 bits per heavy atom. The fourth-order valence-electron chi connectivity index (χ4n) is 2.29. The molecule has 3 heterocycles. The Labute approximate surface area is 188 Å². The predicted octanol–water partition coefficient (Wildman–Crippen LogP) is 2.37. The molecular formula is C18H20Cl2N6O2. The first kappa shape index (κ1) is 9.58. The van der Waals surface area contributed by atoms with Gasteiger partial charge in [-0.3, -0.25) is 14.7 Å². The molecule has 2 N–H and O–H groups in total. The number of halogens is 2. The number of imidazole rings is 1. The molecule has 2 aromatic heterocycles. The van der Waals surface area contributed by atoms with Gasteiger partial charge in [-0.1, -0.05) is 29.3 Å². The lowest BCUT2D eigenvalue weighted by Gasteiger charge is -2.26. The Morgan fingerprint density at radius 3 is 2.89 bits per heavy atom. The molecule has 1 saturated heterocycles. The summed E-state index contributed by atoms with van der Waals surface area (Å²) in [6, 6.07) is 4.80. The second kappa shape index (κ2) is 8.48. The molecule has 0 bridgehead atoms. The second-order valence-electron chi connectivity index (χ2n) is 5.39. The number of hydrogen-bond acceptors (Lipinski definition) is 6. The Morgan fingerprint density at radius 2 is 2.11 bits per heavy atom. The van der Waals surface area contributed by atoms with E-state index in [1.807, 2.05) is 0 Å². The first-order valence-electron chi connectivity index (χ1n) is 13.7. The van der Waals surface area contributed by atoms with Gasteiger partial charge < -0.3 is 14.6 Å². The van der Waals surface area contributed by atoms with Gasteiger partial charge in [0, 0.05) is 40.8 Å². The normalized spacial score (nSPS) is 29.8. The number of aromatic nitrogens is 4. The number of anilines is 1. The molecule has 0 aliphatic carbocycles. The van der Waals surface area contributed by atoms with E-state index in [1.165, 1.54) is 0 Å². The van der Waals surface area contributed by atoms with Crippen LogP contribution in [-0.2, 0) is 17.8 Å². The molecule has 1 fully saturated rings. The molecule has 1 aliphatic heterocycles. The molecule has 0 radical (unpaired) electrons. The van der Waals surface area contributed by atoms with Gasteiger partial charge in [0.25, 0.3) is 5.56 Å². The number of H-pyrrole nitrogens is 1. The van der Waals surface area contributed by atoms with Crippen molar-refractivity contribution in [3.8, 4) is 0 Å². The Kier molecular flexibility index (Phi) is 2.90. The highest BCUT2D eigenvalue weighted by Gasteiger charge is 2.14. The van der Waals surface area contributed by atoms with E-state index in [4.69, 9.17) is 39.7 Å². The number of nitrogens with one attached hydrogen (secondary N) is 2. The van der Waals surface area contributed by atoms with E-state index in [1.54, 1.807) is 18.2 Å². The van der Waals surface area contributed by atoms with Crippen LogP contribution in [-0.4, -0.2) is 57.0 Å². The number of morpholine rings is 1. The lowest BCUT2D eigenvalue weighted by molar-refractivity contribution is 0.0365. The third kappa shape index (κ3) is 4.30. The Hall–Kier alpha value is -2.13. The van der Waals surface area contributed by atoms with Gasteiger partial charge in [-0.25, -0.2) is 4.98 Å². The topological polar surface area (TPSA) is 88.1 Å². The number of aromatic amines is 1. The quantitative estimate of drug-likeness (QED) is 0.618. The fraction of sp³-hybridized carbons (Fsp3) is 0.389. The van der Waals surface area contributed by atoms with Gasteiger partial charge in [0.1, 0.15) is 0 Å². The largest absolute Gasteiger partial charge is 0.379 e. The molecule has 1 aromatic carbocycles. The minimum atomic E-state index is -3.87. The highest BCUT2D eigenvalue weighted by atomic mass is 35.5. The van der Waals surface area contributed by atoms with Crippen molar-refractivity contribution in [3.05, 3.63) is 50.5 Å². The molecular weight excluding hydrogens is 403 g/mol. The highest BCUT2D eigenvalue weighted by molar-refractivity contribution is 6.42. The summed E-state index contributed by atoms with van der Waals surface area (Å²) >= 11 is 11.9. The second-order valence-corrected chi connectivity index (χ2v) is 6.21. The van der Waals surface area contributed by atoms with Crippen LogP contribution in [0.25, 0.3) is 11.2 Å². The molecule has 4 rings (SSSR count). The van der Waals surface area contributed by atoms with Crippen molar-refractivity contribution >= 4 is 40.3 Å². The maximum Gasteiger partial charge on any atom is 0.278 e. The van der Waals surface area contributed by atoms with Crippen LogP contribution < -0.4 is 10.9 Å². The van der Waals surface area contributed by atoms with E-state index in [9.17, 15) is 4.79 Å². The molecule has 3 aromatic rings. The zero-order valence-electron chi connectivity index (χ0n) is 25.9. The number of ether oxygens (including phenoxy) is 1. The van der Waals surface area contributed by atoms with Crippen molar-refractivity contribution in [3.63, 3.8) is 0 Å². The number of aryl methyl sites for hydroxylation is 1. The molecule has 28 heavy (non-hydrogen) atoms. The molecule has 1 aliphatic rings. The molecule has 0 saturated carbocycles. The maximum absolute atomic E-state index is 13.0. The summed E-state index contributed by atoms with van der Waals surface area (Å²) in [5, 5.41) is 3.45. The number of fused-ring (bicyclic) bond motifs is 1. The van der Waals surface area contributed by atoms with Crippen molar-refractivity contribution < 1.29 is 21.2 Å². The molecule has 0 atom stereocenters. The van der Waals surface area contributed by atoms with Crippen molar-refractivity contribution in [2.24, 2.45) is 0 Å². The summed E-state index contributed by atoms with van der Waals surface area (Å²) in [6.07, 6.45) is 0.683. The van der Waals surface area contributed by atoms with E-state index < -0.39 is 55.1 Å². The molecule has 8 nitrogen and oxygen atoms in total. The summed E-state index contributed by atoms with van der Waals surface area (Å²) in [6.45, 7) is -22.1. The number of hydrogen-bond donors (Lipinski definition) is 2. The Balaban J connectivity index is 1.75. The zero-order chi connectivity index (χ0) is 30.3. The van der Waals surface area contributed by atoms with Crippen LogP contribution in [0.5, 0.6) is 0 Å². The third-order valence-electron chi connectivity index (χ3n) is 3.56. The van der Waals surface area contributed by atoms with Gasteiger partial charge in [0.2, 0.25) is 5.95 Å². The van der Waals surface area contributed by atoms with Crippen LogP contribution in [0.3, 0.4) is 0 Å². The average molecular weight is 435 g/mol. The first-order chi connectivity index (χ1) is 18.1. The predicted molar refractivity (Wildman–Crippen MR) is 109 cm³/mol. The van der Waals surface area contributed by atoms with Crippen LogP contribution in [0, 0.1) is 0 Å². The summed E-state index contributed by atoms with van der Waals surface area (Å²) in [7, 11) is 0. The minimum absolute atomic E-state index is 0.0976. The smallest absolute Gasteiger partial charge is 0.278 e. The number of benzene rings is 1. The van der Waals surface area contributed by atoms with Crippen LogP contribution >= 0.6 is 23.2 Å². The van der Waals surface area contributed by atoms with Gasteiger partial charge >= 0.3 is 0 Å². The van der Waals surface area contributed by atoms with Crippen LogP contribution in [0.2, 0.25) is 10.0 Å². The van der Waals surface area contributed by atoms with E-state index in [0.29, 0.717) is 26.5 Å². The van der Waals surface area contributed by atoms with Crippen LogP contribution in [0.15, 0.2) is 29.3 Å². The van der Waals surface area contributed by atoms with E-state index in [2.05, 4.69) is 25.0 Å². The standard InChI is InChI=1S/C18H20Cl2N6O2/c19-13-2-1-12(9-14(13)20)10-21-18-23-16-15(17(27)24-18)26(11-22-16)4-3-25-5-7-28-8-6-25/h1-2,9,11H,3-8,10H2,(H2,21,23,24,27)/i3D2,4D2,5D2,6D2,7D2,8D2. The SMILES string of the molecule is [2H]C1([2H])OC([2H])([2H])C([2H])([2H])N(C([2H])([2H])C([2H])([2H])n2cnc3nc(NCc4ccc(Cl)c(Cl)c4)[nH]c(=O)c32)C1([2H])[2H]. The third-order valence-corrected chi connectivity index (χ3v) is 4.30. The molecule has 0 amide bonds. The summed E-state index contributed by atoms with van der Waals surface area (Å²) in [4.78, 5) is 22.7. The number of nitrogens with zero attached hydrogens (tertiary/aromatic N) is 4. The lowest BCUT2D eigenvalue weighted by Crippen LogP contribution is -2.38.